The van der Waals surface area contributed by atoms with E-state index in [4.69, 9.17) is 8.83 Å². The summed E-state index contributed by atoms with van der Waals surface area (Å²) in [7, 11) is 0. The van der Waals surface area contributed by atoms with Crippen molar-refractivity contribution in [1.29, 1.82) is 0 Å². The minimum Gasteiger partial charge on any atom is -0.456 e. The van der Waals surface area contributed by atoms with Crippen LogP contribution >= 0.6 is 0 Å². The lowest BCUT2D eigenvalue weighted by Crippen LogP contribution is -2.10. The Morgan fingerprint density at radius 1 is 0.321 bits per heavy atom. The summed E-state index contributed by atoms with van der Waals surface area (Å²) in [4.78, 5) is 2.35. The maximum Gasteiger partial charge on any atom is 0.147 e. The van der Waals surface area contributed by atoms with Gasteiger partial charge in [-0.3, -0.25) is 0 Å². The number of rotatable bonds is 5. The van der Waals surface area contributed by atoms with Crippen LogP contribution in [-0.4, -0.2) is 0 Å². The lowest BCUT2D eigenvalue weighted by Gasteiger charge is -2.27. The van der Waals surface area contributed by atoms with Crippen LogP contribution in [-0.2, 0) is 0 Å². The van der Waals surface area contributed by atoms with E-state index >= 15 is 0 Å². The van der Waals surface area contributed by atoms with Crippen molar-refractivity contribution in [2.45, 2.75) is 0 Å². The van der Waals surface area contributed by atoms with Gasteiger partial charge in [-0.2, -0.15) is 0 Å². The third-order valence-electron chi connectivity index (χ3n) is 10.7. The summed E-state index contributed by atoms with van der Waals surface area (Å²) < 4.78 is 13.2. The lowest BCUT2D eigenvalue weighted by atomic mass is 9.97. The average molecular weight is 678 g/mol. The molecule has 2 heterocycles. The molecule has 0 fully saturated rings. The van der Waals surface area contributed by atoms with Gasteiger partial charge in [-0.15, -0.1) is 0 Å². The molecule has 0 spiro atoms. The Hall–Kier alpha value is -7.10. The van der Waals surface area contributed by atoms with Crippen LogP contribution in [0.4, 0.5) is 17.1 Å². The summed E-state index contributed by atoms with van der Waals surface area (Å²) in [5, 5.41) is 9.13. The van der Waals surface area contributed by atoms with Gasteiger partial charge >= 0.3 is 0 Å². The largest absolute Gasteiger partial charge is 0.456 e. The number of furan rings is 2. The Bertz CT molecular complexity index is 3030. The van der Waals surface area contributed by atoms with Crippen LogP contribution in [0, 0.1) is 0 Å². The van der Waals surface area contributed by atoms with Crippen LogP contribution in [0.2, 0.25) is 0 Å². The minimum atomic E-state index is 0.802. The van der Waals surface area contributed by atoms with Gasteiger partial charge in [0.25, 0.3) is 0 Å². The molecule has 0 atom stereocenters. The van der Waals surface area contributed by atoms with Crippen molar-refractivity contribution in [2.75, 3.05) is 4.90 Å². The van der Waals surface area contributed by atoms with Crippen LogP contribution < -0.4 is 4.90 Å². The molecule has 11 rings (SSSR count). The van der Waals surface area contributed by atoms with E-state index in [9.17, 15) is 0 Å². The molecule has 11 aromatic rings. The number of nitrogens with zero attached hydrogens (tertiary/aromatic N) is 1. The third kappa shape index (κ3) is 4.68. The number of hydrogen-bond donors (Lipinski definition) is 0. The molecule has 0 unspecified atom stereocenters. The molecule has 0 radical (unpaired) electrons. The topological polar surface area (TPSA) is 29.5 Å². The average Bonchev–Trinajstić information content (AvgIpc) is 3.80. The van der Waals surface area contributed by atoms with E-state index in [1.165, 1.54) is 43.8 Å². The van der Waals surface area contributed by atoms with Crippen molar-refractivity contribution in [1.82, 2.24) is 0 Å². The molecule has 0 saturated carbocycles. The fourth-order valence-corrected chi connectivity index (χ4v) is 8.21. The molecular formula is C50H31NO2. The van der Waals surface area contributed by atoms with Gasteiger partial charge in [0, 0.05) is 22.1 Å². The quantitative estimate of drug-likeness (QED) is 0.182. The molecule has 248 valence electrons. The molecule has 0 N–H and O–H groups in total. The molecule has 0 aliphatic carbocycles. The van der Waals surface area contributed by atoms with Gasteiger partial charge in [-0.05, 0) is 98.4 Å². The highest BCUT2D eigenvalue weighted by molar-refractivity contribution is 6.25. The molecule has 0 aliphatic heterocycles. The SMILES string of the molecule is c1ccc2c(-c3ccc(N(c4ccc(-c5cccc6ccccc56)cc4)c4cccc5oc6ccc7c8ccccc8oc7c6c45)cc3)cccc2c1. The summed E-state index contributed by atoms with van der Waals surface area (Å²) in [6, 6.07) is 66.8. The predicted molar refractivity (Wildman–Crippen MR) is 222 cm³/mol. The van der Waals surface area contributed by atoms with E-state index in [0.29, 0.717) is 0 Å². The number of anilines is 3. The molecule has 0 amide bonds. The molecule has 3 heteroatoms. The summed E-state index contributed by atoms with van der Waals surface area (Å²) in [6.45, 7) is 0. The van der Waals surface area contributed by atoms with Gasteiger partial charge < -0.3 is 13.7 Å². The van der Waals surface area contributed by atoms with Gasteiger partial charge in [-0.25, -0.2) is 0 Å². The normalized spacial score (nSPS) is 11.8. The molecule has 0 saturated heterocycles. The Balaban J connectivity index is 1.13. The summed E-state index contributed by atoms with van der Waals surface area (Å²) in [5.74, 6) is 0. The third-order valence-corrected chi connectivity index (χ3v) is 10.7. The van der Waals surface area contributed by atoms with Crippen molar-refractivity contribution in [3.8, 4) is 22.3 Å². The number of fused-ring (bicyclic) bond motifs is 9. The first-order chi connectivity index (χ1) is 26.3. The van der Waals surface area contributed by atoms with Crippen molar-refractivity contribution in [2.24, 2.45) is 0 Å². The van der Waals surface area contributed by atoms with Gasteiger partial charge in [-0.1, -0.05) is 133 Å². The van der Waals surface area contributed by atoms with E-state index in [1.54, 1.807) is 0 Å². The van der Waals surface area contributed by atoms with Gasteiger partial charge in [0.15, 0.2) is 0 Å². The van der Waals surface area contributed by atoms with Crippen molar-refractivity contribution < 1.29 is 8.83 Å². The number of hydrogen-bond acceptors (Lipinski definition) is 3. The van der Waals surface area contributed by atoms with Gasteiger partial charge in [0.05, 0.1) is 16.5 Å². The van der Waals surface area contributed by atoms with Crippen LogP contribution in [0.25, 0.3) is 87.7 Å². The highest BCUT2D eigenvalue weighted by atomic mass is 16.3. The molecule has 53 heavy (non-hydrogen) atoms. The fraction of sp³-hybridized carbons (Fsp3) is 0. The van der Waals surface area contributed by atoms with Crippen LogP contribution in [0.1, 0.15) is 0 Å². The molecule has 9 aromatic carbocycles. The second kappa shape index (κ2) is 11.7. The van der Waals surface area contributed by atoms with E-state index in [-0.39, 0.29) is 0 Å². The van der Waals surface area contributed by atoms with Crippen LogP contribution in [0.15, 0.2) is 197 Å². The Labute approximate surface area is 305 Å². The Morgan fingerprint density at radius 2 is 0.830 bits per heavy atom. The van der Waals surface area contributed by atoms with Crippen molar-refractivity contribution >= 4 is 82.5 Å². The Morgan fingerprint density at radius 3 is 1.47 bits per heavy atom. The summed E-state index contributed by atoms with van der Waals surface area (Å²) in [5.41, 5.74) is 11.2. The monoisotopic (exact) mass is 677 g/mol. The first-order valence-corrected chi connectivity index (χ1v) is 18.0. The summed E-state index contributed by atoms with van der Waals surface area (Å²) in [6.07, 6.45) is 0. The molecule has 0 aliphatic rings. The fourth-order valence-electron chi connectivity index (χ4n) is 8.21. The standard InChI is InChI=1S/C50H31NO2/c1-3-14-38-32(10-1)12-7-17-40(38)34-22-26-36(27-23-34)51(37-28-24-35(25-29-37)41-18-8-13-33-11-2-4-15-39(33)41)44-19-9-21-46-48(44)49-47(52-46)31-30-43-42-16-5-6-20-45(42)53-50(43)49/h1-31H. The molecule has 2 aromatic heterocycles. The predicted octanol–water partition coefficient (Wildman–Crippen LogP) is 14.6. The van der Waals surface area contributed by atoms with E-state index in [1.807, 2.05) is 12.1 Å². The first kappa shape index (κ1) is 29.6. The molecular weight excluding hydrogens is 647 g/mol. The maximum absolute atomic E-state index is 6.60. The highest BCUT2D eigenvalue weighted by Crippen LogP contribution is 2.47. The summed E-state index contributed by atoms with van der Waals surface area (Å²) >= 11 is 0. The zero-order chi connectivity index (χ0) is 34.9. The van der Waals surface area contributed by atoms with E-state index < -0.39 is 0 Å². The van der Waals surface area contributed by atoms with Crippen molar-refractivity contribution in [3.05, 3.63) is 188 Å². The minimum absolute atomic E-state index is 0.802. The maximum atomic E-state index is 6.60. The zero-order valence-electron chi connectivity index (χ0n) is 28.7. The second-order valence-corrected chi connectivity index (χ2v) is 13.6. The van der Waals surface area contributed by atoms with Crippen LogP contribution in [0.5, 0.6) is 0 Å². The van der Waals surface area contributed by atoms with Gasteiger partial charge in [0.1, 0.15) is 22.3 Å². The molecule has 0 bridgehead atoms. The molecule has 3 nitrogen and oxygen atoms in total. The van der Waals surface area contributed by atoms with Crippen molar-refractivity contribution in [3.63, 3.8) is 0 Å². The number of benzene rings is 9. The highest BCUT2D eigenvalue weighted by Gasteiger charge is 2.23. The number of para-hydroxylation sites is 1. The second-order valence-electron chi connectivity index (χ2n) is 13.6. The van der Waals surface area contributed by atoms with E-state index in [2.05, 4.69) is 181 Å². The first-order valence-electron chi connectivity index (χ1n) is 18.0. The van der Waals surface area contributed by atoms with Gasteiger partial charge in [0.2, 0.25) is 0 Å². The Kier molecular flexibility index (Phi) is 6.55. The lowest BCUT2D eigenvalue weighted by molar-refractivity contribution is 0.663. The smallest absolute Gasteiger partial charge is 0.147 e. The zero-order valence-corrected chi connectivity index (χ0v) is 28.7. The van der Waals surface area contributed by atoms with Crippen LogP contribution in [0.3, 0.4) is 0 Å². The van der Waals surface area contributed by atoms with E-state index in [0.717, 1.165) is 60.9 Å².